The van der Waals surface area contributed by atoms with E-state index in [1.165, 1.54) is 57.8 Å². The number of carbonyl (C=O) groups is 2. The molecular formula is C23H40O4. The molecule has 0 saturated carbocycles. The first kappa shape index (κ1) is 23.7. The van der Waals surface area contributed by atoms with Gasteiger partial charge in [0.1, 0.15) is 0 Å². The van der Waals surface area contributed by atoms with E-state index in [1.54, 1.807) is 0 Å². The summed E-state index contributed by atoms with van der Waals surface area (Å²) in [4.78, 5) is 23.3. The van der Waals surface area contributed by atoms with E-state index in [4.69, 9.17) is 4.74 Å². The Morgan fingerprint density at radius 3 is 1.85 bits per heavy atom. The molecule has 156 valence electrons. The molecule has 1 rings (SSSR count). The molecule has 27 heavy (non-hydrogen) atoms. The van der Waals surface area contributed by atoms with Gasteiger partial charge in [-0.3, -0.25) is 9.59 Å². The number of aliphatic carboxylic acids is 1. The molecule has 0 spiro atoms. The van der Waals surface area contributed by atoms with Crippen LogP contribution < -0.4 is 0 Å². The maximum absolute atomic E-state index is 12.1. The molecule has 0 bridgehead atoms. The second-order valence-corrected chi connectivity index (χ2v) is 8.38. The summed E-state index contributed by atoms with van der Waals surface area (Å²) < 4.78 is 5.33. The summed E-state index contributed by atoms with van der Waals surface area (Å²) in [5.41, 5.74) is 0. The number of ether oxygens (including phenoxy) is 1. The number of carbonyl (C=O) groups excluding carboxylic acids is 1. The average Bonchev–Trinajstić information content (AvgIpc) is 2.65. The van der Waals surface area contributed by atoms with Crippen molar-refractivity contribution in [1.29, 1.82) is 0 Å². The lowest BCUT2D eigenvalue weighted by molar-refractivity contribution is -0.158. The molecule has 1 aliphatic carbocycles. The minimum absolute atomic E-state index is 0.343. The van der Waals surface area contributed by atoms with E-state index in [0.717, 1.165) is 18.8 Å². The van der Waals surface area contributed by atoms with Crippen LogP contribution in [-0.4, -0.2) is 23.7 Å². The molecule has 4 nitrogen and oxygen atoms in total. The van der Waals surface area contributed by atoms with Crippen LogP contribution in [0.1, 0.15) is 97.3 Å². The highest BCUT2D eigenvalue weighted by molar-refractivity contribution is 5.81. The van der Waals surface area contributed by atoms with Gasteiger partial charge in [0.2, 0.25) is 0 Å². The lowest BCUT2D eigenvalue weighted by atomic mass is 9.83. The number of esters is 1. The van der Waals surface area contributed by atoms with Gasteiger partial charge in [-0.2, -0.15) is 0 Å². The number of carboxylic acids is 1. The van der Waals surface area contributed by atoms with Crippen molar-refractivity contribution in [2.45, 2.75) is 97.3 Å². The number of allylic oxidation sites excluding steroid dienone is 2. The maximum Gasteiger partial charge on any atom is 0.310 e. The summed E-state index contributed by atoms with van der Waals surface area (Å²) in [6.45, 7) is 5.00. The smallest absolute Gasteiger partial charge is 0.310 e. The van der Waals surface area contributed by atoms with Gasteiger partial charge in [0.15, 0.2) is 0 Å². The summed E-state index contributed by atoms with van der Waals surface area (Å²) in [5, 5.41) is 9.21. The van der Waals surface area contributed by atoms with Crippen molar-refractivity contribution in [1.82, 2.24) is 0 Å². The Kier molecular flexibility index (Phi) is 12.9. The molecule has 0 saturated heterocycles. The first-order valence-electron chi connectivity index (χ1n) is 11.1. The largest absolute Gasteiger partial charge is 0.481 e. The Morgan fingerprint density at radius 2 is 1.33 bits per heavy atom. The van der Waals surface area contributed by atoms with Crippen LogP contribution in [0.4, 0.5) is 0 Å². The van der Waals surface area contributed by atoms with Gasteiger partial charge in [0.25, 0.3) is 0 Å². The minimum Gasteiger partial charge on any atom is -0.481 e. The average molecular weight is 381 g/mol. The highest BCUT2D eigenvalue weighted by Crippen LogP contribution is 2.27. The van der Waals surface area contributed by atoms with Crippen molar-refractivity contribution in [2.75, 3.05) is 6.61 Å². The standard InChI is InChI=1S/C23H40O4/c1-19(2)15-11-9-7-5-3-4-6-8-10-14-18-27-23(26)21-17-13-12-16-20(21)22(24)25/h12-13,19-21H,3-11,14-18H2,1-2H3,(H,24,25). The van der Waals surface area contributed by atoms with Gasteiger partial charge in [0, 0.05) is 0 Å². The number of hydrogen-bond acceptors (Lipinski definition) is 3. The van der Waals surface area contributed by atoms with Crippen LogP contribution in [0.2, 0.25) is 0 Å². The minimum atomic E-state index is -0.902. The fourth-order valence-corrected chi connectivity index (χ4v) is 3.70. The van der Waals surface area contributed by atoms with Crippen LogP contribution in [0.25, 0.3) is 0 Å². The third kappa shape index (κ3) is 11.2. The first-order chi connectivity index (χ1) is 13.0. The molecule has 0 fully saturated rings. The molecule has 0 amide bonds. The second-order valence-electron chi connectivity index (χ2n) is 8.38. The Labute approximate surface area is 165 Å². The Balaban J connectivity index is 1.93. The van der Waals surface area contributed by atoms with Gasteiger partial charge >= 0.3 is 11.9 Å². The number of rotatable bonds is 15. The van der Waals surface area contributed by atoms with Crippen LogP contribution in [-0.2, 0) is 14.3 Å². The molecule has 4 heteroatoms. The predicted octanol–water partition coefficient (Wildman–Crippen LogP) is 6.14. The van der Waals surface area contributed by atoms with Crippen molar-refractivity contribution in [3.05, 3.63) is 12.2 Å². The van der Waals surface area contributed by atoms with Gasteiger partial charge in [-0.1, -0.05) is 90.2 Å². The van der Waals surface area contributed by atoms with Crippen molar-refractivity contribution < 1.29 is 19.4 Å². The van der Waals surface area contributed by atoms with Crippen LogP contribution in [0.5, 0.6) is 0 Å². The van der Waals surface area contributed by atoms with Gasteiger partial charge in [-0.05, 0) is 25.2 Å². The molecule has 1 aliphatic rings. The third-order valence-electron chi connectivity index (χ3n) is 5.47. The van der Waals surface area contributed by atoms with E-state index < -0.39 is 17.8 Å². The fourth-order valence-electron chi connectivity index (χ4n) is 3.70. The molecule has 2 unspecified atom stereocenters. The van der Waals surface area contributed by atoms with E-state index in [1.807, 2.05) is 12.2 Å². The van der Waals surface area contributed by atoms with Gasteiger partial charge in [0.05, 0.1) is 18.4 Å². The normalized spacial score (nSPS) is 19.4. The van der Waals surface area contributed by atoms with E-state index in [9.17, 15) is 14.7 Å². The molecule has 0 aromatic carbocycles. The third-order valence-corrected chi connectivity index (χ3v) is 5.47. The van der Waals surface area contributed by atoms with Gasteiger partial charge < -0.3 is 9.84 Å². The summed E-state index contributed by atoms with van der Waals surface area (Å²) in [7, 11) is 0. The van der Waals surface area contributed by atoms with E-state index in [0.29, 0.717) is 19.4 Å². The van der Waals surface area contributed by atoms with Crippen LogP contribution in [0, 0.1) is 17.8 Å². The van der Waals surface area contributed by atoms with Gasteiger partial charge in [-0.15, -0.1) is 0 Å². The highest BCUT2D eigenvalue weighted by Gasteiger charge is 2.34. The van der Waals surface area contributed by atoms with Crippen molar-refractivity contribution in [3.63, 3.8) is 0 Å². The topological polar surface area (TPSA) is 63.6 Å². The molecular weight excluding hydrogens is 340 g/mol. The zero-order valence-corrected chi connectivity index (χ0v) is 17.5. The van der Waals surface area contributed by atoms with Crippen molar-refractivity contribution in [2.24, 2.45) is 17.8 Å². The monoisotopic (exact) mass is 380 g/mol. The molecule has 1 N–H and O–H groups in total. The summed E-state index contributed by atoms with van der Waals surface area (Å²) in [6, 6.07) is 0. The number of unbranched alkanes of at least 4 members (excludes halogenated alkanes) is 9. The van der Waals surface area contributed by atoms with E-state index in [-0.39, 0.29) is 5.97 Å². The predicted molar refractivity (Wildman–Crippen MR) is 110 cm³/mol. The first-order valence-corrected chi connectivity index (χ1v) is 11.1. The lowest BCUT2D eigenvalue weighted by Crippen LogP contribution is -2.32. The van der Waals surface area contributed by atoms with Crippen LogP contribution in [0.15, 0.2) is 12.2 Å². The fraction of sp³-hybridized carbons (Fsp3) is 0.826. The molecule has 0 aromatic rings. The van der Waals surface area contributed by atoms with E-state index >= 15 is 0 Å². The van der Waals surface area contributed by atoms with E-state index in [2.05, 4.69) is 13.8 Å². The zero-order valence-electron chi connectivity index (χ0n) is 17.5. The summed E-state index contributed by atoms with van der Waals surface area (Å²) in [5.74, 6) is -1.56. The van der Waals surface area contributed by atoms with Crippen LogP contribution >= 0.6 is 0 Å². The quantitative estimate of drug-likeness (QED) is 0.210. The second kappa shape index (κ2) is 14.7. The molecule has 2 atom stereocenters. The highest BCUT2D eigenvalue weighted by atomic mass is 16.5. The SMILES string of the molecule is CC(C)CCCCCCCCCCCCOC(=O)C1CC=CCC1C(=O)O. The Morgan fingerprint density at radius 1 is 0.852 bits per heavy atom. The lowest BCUT2D eigenvalue weighted by Gasteiger charge is -2.23. The molecule has 0 heterocycles. The molecule has 0 aliphatic heterocycles. The Bertz CT molecular complexity index is 442. The zero-order chi connectivity index (χ0) is 19.9. The van der Waals surface area contributed by atoms with Crippen LogP contribution in [0.3, 0.4) is 0 Å². The maximum atomic E-state index is 12.1. The van der Waals surface area contributed by atoms with Crippen molar-refractivity contribution in [3.8, 4) is 0 Å². The molecule has 0 radical (unpaired) electrons. The van der Waals surface area contributed by atoms with Gasteiger partial charge in [-0.25, -0.2) is 0 Å². The summed E-state index contributed by atoms with van der Waals surface area (Å²) in [6.07, 6.45) is 18.5. The number of carboxylic acid groups (broad SMARTS) is 1. The molecule has 0 aromatic heterocycles. The van der Waals surface area contributed by atoms with Crippen molar-refractivity contribution >= 4 is 11.9 Å². The summed E-state index contributed by atoms with van der Waals surface area (Å²) >= 11 is 0. The Hall–Kier alpha value is -1.32. The number of hydrogen-bond donors (Lipinski definition) is 1.